The summed E-state index contributed by atoms with van der Waals surface area (Å²) in [5.41, 5.74) is 1.98. The van der Waals surface area contributed by atoms with Gasteiger partial charge in [0, 0.05) is 29.8 Å². The summed E-state index contributed by atoms with van der Waals surface area (Å²) in [5, 5.41) is 32.1. The lowest BCUT2D eigenvalue weighted by Crippen LogP contribution is -2.50. The van der Waals surface area contributed by atoms with Crippen molar-refractivity contribution in [3.8, 4) is 35.1 Å². The number of nitrogens with zero attached hydrogens (tertiary/aromatic N) is 4. The van der Waals surface area contributed by atoms with Crippen molar-refractivity contribution >= 4 is 0 Å². The van der Waals surface area contributed by atoms with Gasteiger partial charge in [0.05, 0.1) is 39.6 Å². The molecule has 1 aliphatic rings. The van der Waals surface area contributed by atoms with Gasteiger partial charge >= 0.3 is 0 Å². The van der Waals surface area contributed by atoms with Gasteiger partial charge in [0.2, 0.25) is 0 Å². The van der Waals surface area contributed by atoms with Gasteiger partial charge < -0.3 is 19.3 Å². The Kier molecular flexibility index (Phi) is 8.15. The van der Waals surface area contributed by atoms with Crippen molar-refractivity contribution in [1.29, 1.82) is 10.5 Å². The third kappa shape index (κ3) is 4.90. The van der Waals surface area contributed by atoms with Gasteiger partial charge in [-0.3, -0.25) is 9.80 Å². The topological polar surface area (TPSA) is 102 Å². The first kappa shape index (κ1) is 25.8. The van der Waals surface area contributed by atoms with E-state index in [0.29, 0.717) is 53.4 Å². The number of hydrogen-bond donors (Lipinski definition) is 1. The van der Waals surface area contributed by atoms with Gasteiger partial charge in [-0.2, -0.15) is 10.5 Å². The fourth-order valence-electron chi connectivity index (χ4n) is 5.11. The molecule has 1 N–H and O–H groups in total. The van der Waals surface area contributed by atoms with Crippen LogP contribution in [0.25, 0.3) is 0 Å². The molecule has 0 saturated carbocycles. The van der Waals surface area contributed by atoms with Crippen molar-refractivity contribution in [2.45, 2.75) is 24.7 Å². The zero-order valence-corrected chi connectivity index (χ0v) is 21.2. The number of hydrogen-bond acceptors (Lipinski definition) is 8. The highest BCUT2D eigenvalue weighted by Gasteiger charge is 2.42. The molecule has 3 aromatic carbocycles. The second-order valence-corrected chi connectivity index (χ2v) is 8.65. The van der Waals surface area contributed by atoms with E-state index in [4.69, 9.17) is 14.2 Å². The molecule has 0 bridgehead atoms. The van der Waals surface area contributed by atoms with Gasteiger partial charge in [0.25, 0.3) is 0 Å². The first-order chi connectivity index (χ1) is 18.1. The molecule has 37 heavy (non-hydrogen) atoms. The van der Waals surface area contributed by atoms with Crippen LogP contribution in [-0.2, 0) is 0 Å². The van der Waals surface area contributed by atoms with E-state index in [-0.39, 0.29) is 5.75 Å². The van der Waals surface area contributed by atoms with E-state index < -0.39 is 18.2 Å². The number of nitriles is 2. The number of para-hydroxylation sites is 3. The molecule has 1 saturated heterocycles. The Bertz CT molecular complexity index is 1240. The van der Waals surface area contributed by atoms with Crippen LogP contribution in [0.4, 0.5) is 0 Å². The quantitative estimate of drug-likeness (QED) is 0.465. The average Bonchev–Trinajstić information content (AvgIpc) is 2.95. The van der Waals surface area contributed by atoms with E-state index in [1.54, 1.807) is 32.4 Å². The Labute approximate surface area is 217 Å². The number of phenolic OH excluding ortho intramolecular Hbond substituents is 1. The van der Waals surface area contributed by atoms with E-state index in [1.165, 1.54) is 7.11 Å². The van der Waals surface area contributed by atoms with Crippen LogP contribution in [0, 0.1) is 22.7 Å². The minimum Gasteiger partial charge on any atom is -0.504 e. The van der Waals surface area contributed by atoms with Crippen molar-refractivity contribution in [2.75, 3.05) is 34.4 Å². The Morgan fingerprint density at radius 1 is 0.730 bits per heavy atom. The molecule has 1 fully saturated rings. The molecule has 0 amide bonds. The van der Waals surface area contributed by atoms with Gasteiger partial charge in [-0.05, 0) is 24.6 Å². The number of methoxy groups -OCH3 is 3. The number of aromatic hydroxyl groups is 1. The van der Waals surface area contributed by atoms with Crippen LogP contribution < -0.4 is 14.2 Å². The van der Waals surface area contributed by atoms with Crippen LogP contribution in [0.2, 0.25) is 0 Å². The summed E-state index contributed by atoms with van der Waals surface area (Å²) in [6, 6.07) is 23.6. The monoisotopic (exact) mass is 498 g/mol. The number of rotatable bonds is 8. The number of benzene rings is 3. The smallest absolute Gasteiger partial charge is 0.163 e. The largest absolute Gasteiger partial charge is 0.504 e. The molecule has 3 aromatic rings. The van der Waals surface area contributed by atoms with E-state index >= 15 is 0 Å². The number of ether oxygens (including phenoxy) is 3. The van der Waals surface area contributed by atoms with Crippen LogP contribution in [-0.4, -0.2) is 49.3 Å². The Balaban J connectivity index is 1.91. The van der Waals surface area contributed by atoms with E-state index in [1.807, 2.05) is 58.3 Å². The molecule has 0 radical (unpaired) electrons. The van der Waals surface area contributed by atoms with Crippen LogP contribution in [0.5, 0.6) is 23.0 Å². The molecule has 0 aliphatic carbocycles. The van der Waals surface area contributed by atoms with Crippen molar-refractivity contribution in [3.63, 3.8) is 0 Å². The normalized spacial score (nSPS) is 17.7. The van der Waals surface area contributed by atoms with E-state index in [2.05, 4.69) is 12.1 Å². The van der Waals surface area contributed by atoms with Gasteiger partial charge in [-0.1, -0.05) is 48.5 Å². The van der Waals surface area contributed by atoms with Crippen LogP contribution in [0.15, 0.2) is 66.7 Å². The number of phenols is 1. The Hall–Kier alpha value is -4.24. The molecule has 2 unspecified atom stereocenters. The highest BCUT2D eigenvalue weighted by atomic mass is 16.5. The molecule has 2 atom stereocenters. The predicted octanol–water partition coefficient (Wildman–Crippen LogP) is 4.95. The predicted molar refractivity (Wildman–Crippen MR) is 138 cm³/mol. The van der Waals surface area contributed by atoms with Gasteiger partial charge in [0.1, 0.15) is 23.6 Å². The summed E-state index contributed by atoms with van der Waals surface area (Å²) in [5.74, 6) is 1.49. The van der Waals surface area contributed by atoms with Gasteiger partial charge in [-0.25, -0.2) is 0 Å². The summed E-state index contributed by atoms with van der Waals surface area (Å²) in [6.45, 7) is 1.14. The molecule has 4 rings (SSSR count). The van der Waals surface area contributed by atoms with Crippen molar-refractivity contribution in [1.82, 2.24) is 9.80 Å². The molecule has 0 spiro atoms. The highest BCUT2D eigenvalue weighted by molar-refractivity contribution is 5.48. The fourth-order valence-corrected chi connectivity index (χ4v) is 5.11. The second-order valence-electron chi connectivity index (χ2n) is 8.65. The zero-order chi connectivity index (χ0) is 26.4. The van der Waals surface area contributed by atoms with Crippen LogP contribution in [0.1, 0.15) is 41.4 Å². The lowest BCUT2D eigenvalue weighted by atomic mass is 9.95. The minimum atomic E-state index is -0.702. The first-order valence-corrected chi connectivity index (χ1v) is 12.0. The third-order valence-corrected chi connectivity index (χ3v) is 6.76. The summed E-state index contributed by atoms with van der Waals surface area (Å²) in [7, 11) is 4.65. The molecule has 8 nitrogen and oxygen atoms in total. The lowest BCUT2D eigenvalue weighted by Gasteiger charge is -2.47. The molecule has 8 heteroatoms. The summed E-state index contributed by atoms with van der Waals surface area (Å²) >= 11 is 0. The molecule has 1 aliphatic heterocycles. The van der Waals surface area contributed by atoms with E-state index in [9.17, 15) is 15.6 Å². The summed E-state index contributed by atoms with van der Waals surface area (Å²) in [6.07, 6.45) is 0.0926. The fraction of sp³-hybridized carbons (Fsp3) is 0.310. The van der Waals surface area contributed by atoms with Crippen molar-refractivity contribution in [3.05, 3.63) is 83.4 Å². The summed E-state index contributed by atoms with van der Waals surface area (Å²) in [4.78, 5) is 4.02. The molecule has 0 aromatic heterocycles. The van der Waals surface area contributed by atoms with Gasteiger partial charge in [-0.15, -0.1) is 0 Å². The second kappa shape index (κ2) is 11.7. The van der Waals surface area contributed by atoms with Crippen LogP contribution in [0.3, 0.4) is 0 Å². The van der Waals surface area contributed by atoms with Crippen molar-refractivity contribution in [2.24, 2.45) is 0 Å². The SMILES string of the molecule is COc1ccccc1C(C#N)N1CCCN(C(C#N)c2ccccc2OC)C1c1cccc(OC)c1O. The minimum absolute atomic E-state index is 0.0275. The zero-order valence-electron chi connectivity index (χ0n) is 21.2. The van der Waals surface area contributed by atoms with Crippen LogP contribution >= 0.6 is 0 Å². The standard InChI is InChI=1S/C29H30N4O4/c1-35-25-13-6-4-10-20(25)23(18-30)32-16-9-17-33(24(19-31)21-11-5-7-14-26(21)36-2)29(32)22-12-8-15-27(37-3)28(22)34/h4-8,10-15,23-24,29,34H,9,16-17H2,1-3H3. The molecular formula is C29H30N4O4. The lowest BCUT2D eigenvalue weighted by molar-refractivity contribution is -0.0306. The Morgan fingerprint density at radius 3 is 1.65 bits per heavy atom. The average molecular weight is 499 g/mol. The van der Waals surface area contributed by atoms with E-state index in [0.717, 1.165) is 0 Å². The Morgan fingerprint density at radius 2 is 1.19 bits per heavy atom. The van der Waals surface area contributed by atoms with Crippen molar-refractivity contribution < 1.29 is 19.3 Å². The maximum Gasteiger partial charge on any atom is 0.163 e. The maximum atomic E-state index is 11.2. The molecular weight excluding hydrogens is 468 g/mol. The maximum absolute atomic E-state index is 11.2. The highest BCUT2D eigenvalue weighted by Crippen LogP contribution is 2.47. The summed E-state index contributed by atoms with van der Waals surface area (Å²) < 4.78 is 16.6. The molecule has 190 valence electrons. The van der Waals surface area contributed by atoms with Gasteiger partial charge in [0.15, 0.2) is 11.5 Å². The molecule has 1 heterocycles. The first-order valence-electron chi connectivity index (χ1n) is 12.0. The third-order valence-electron chi connectivity index (χ3n) is 6.76.